The second kappa shape index (κ2) is 9.18. The van der Waals surface area contributed by atoms with E-state index in [4.69, 9.17) is 11.5 Å². The number of aliphatic carboxylic acids is 1. The van der Waals surface area contributed by atoms with Crippen molar-refractivity contribution in [2.24, 2.45) is 11.5 Å². The highest BCUT2D eigenvalue weighted by Crippen LogP contribution is 2.19. The van der Waals surface area contributed by atoms with Gasteiger partial charge in [-0.1, -0.05) is 12.1 Å². The number of phenols is 1. The highest BCUT2D eigenvalue weighted by atomic mass is 16.4. The Hall–Kier alpha value is -3.14. The van der Waals surface area contributed by atoms with E-state index in [1.54, 1.807) is 12.1 Å². The molecule has 1 fully saturated rings. The normalized spacial score (nSPS) is 18.3. The van der Waals surface area contributed by atoms with Crippen molar-refractivity contribution in [1.29, 1.82) is 0 Å². The van der Waals surface area contributed by atoms with Gasteiger partial charge >= 0.3 is 5.97 Å². The van der Waals surface area contributed by atoms with Crippen LogP contribution in [-0.2, 0) is 25.6 Å². The molecule has 0 aromatic heterocycles. The van der Waals surface area contributed by atoms with Gasteiger partial charge in [0, 0.05) is 6.54 Å². The Morgan fingerprint density at radius 2 is 1.86 bits per heavy atom. The average Bonchev–Trinajstić information content (AvgIpc) is 3.12. The van der Waals surface area contributed by atoms with E-state index in [9.17, 15) is 29.4 Å². The van der Waals surface area contributed by atoms with E-state index >= 15 is 0 Å². The summed E-state index contributed by atoms with van der Waals surface area (Å²) in [4.78, 5) is 48.9. The largest absolute Gasteiger partial charge is 0.508 e. The smallest absolute Gasteiger partial charge is 0.326 e. The summed E-state index contributed by atoms with van der Waals surface area (Å²) < 4.78 is 0. The molecule has 152 valence electrons. The molecule has 1 saturated heterocycles. The standard InChI is InChI=1S/C18H24N4O6/c19-12(8-10-3-5-11(23)6-4-10)16(25)21-13(9-15(20)24)17(26)22-7-1-2-14(22)18(27)28/h3-6,12-14,23H,1-2,7-9,19H2,(H2,20,24)(H,21,25)(H,27,28). The maximum atomic E-state index is 12.7. The molecule has 3 atom stereocenters. The van der Waals surface area contributed by atoms with Crippen molar-refractivity contribution in [3.8, 4) is 5.75 Å². The van der Waals surface area contributed by atoms with Crippen molar-refractivity contribution < 1.29 is 29.4 Å². The third-order valence-electron chi connectivity index (χ3n) is 4.57. The van der Waals surface area contributed by atoms with Crippen LogP contribution in [0.1, 0.15) is 24.8 Å². The van der Waals surface area contributed by atoms with E-state index in [2.05, 4.69) is 5.32 Å². The molecule has 7 N–H and O–H groups in total. The number of hydrogen-bond donors (Lipinski definition) is 5. The zero-order valence-corrected chi connectivity index (χ0v) is 15.2. The molecule has 0 radical (unpaired) electrons. The average molecular weight is 392 g/mol. The van der Waals surface area contributed by atoms with E-state index in [1.807, 2.05) is 0 Å². The van der Waals surface area contributed by atoms with Crippen LogP contribution in [0.4, 0.5) is 0 Å². The minimum atomic E-state index is -1.28. The molecule has 3 amide bonds. The number of carbonyl (C=O) groups excluding carboxylic acids is 3. The third kappa shape index (κ3) is 5.43. The fraction of sp³-hybridized carbons (Fsp3) is 0.444. The molecule has 1 heterocycles. The van der Waals surface area contributed by atoms with Gasteiger partial charge < -0.3 is 31.9 Å². The van der Waals surface area contributed by atoms with Crippen molar-refractivity contribution in [3.05, 3.63) is 29.8 Å². The number of nitrogens with one attached hydrogen (secondary N) is 1. The lowest BCUT2D eigenvalue weighted by Gasteiger charge is -2.27. The number of benzene rings is 1. The Balaban J connectivity index is 2.06. The monoisotopic (exact) mass is 392 g/mol. The fourth-order valence-electron chi connectivity index (χ4n) is 3.15. The number of carbonyl (C=O) groups is 4. The lowest BCUT2D eigenvalue weighted by Crippen LogP contribution is -2.55. The number of hydrogen-bond acceptors (Lipinski definition) is 6. The summed E-state index contributed by atoms with van der Waals surface area (Å²) in [5.74, 6) is -3.21. The van der Waals surface area contributed by atoms with Crippen molar-refractivity contribution in [3.63, 3.8) is 0 Å². The number of carboxylic acid groups (broad SMARTS) is 1. The van der Waals surface area contributed by atoms with Gasteiger partial charge in [0.15, 0.2) is 0 Å². The number of nitrogens with two attached hydrogens (primary N) is 2. The van der Waals surface area contributed by atoms with E-state index in [0.717, 1.165) is 4.90 Å². The first-order chi connectivity index (χ1) is 13.2. The molecule has 1 aromatic rings. The molecule has 10 heteroatoms. The molecular weight excluding hydrogens is 368 g/mol. The quantitative estimate of drug-likeness (QED) is 0.365. The van der Waals surface area contributed by atoms with Gasteiger partial charge in [-0.2, -0.15) is 0 Å². The predicted molar refractivity (Wildman–Crippen MR) is 97.9 cm³/mol. The molecule has 0 spiro atoms. The second-order valence-corrected chi connectivity index (χ2v) is 6.74. The van der Waals surface area contributed by atoms with Gasteiger partial charge in [-0.25, -0.2) is 4.79 Å². The Morgan fingerprint density at radius 3 is 2.43 bits per heavy atom. The first kappa shape index (κ1) is 21.2. The Bertz CT molecular complexity index is 751. The number of nitrogens with zero attached hydrogens (tertiary/aromatic N) is 1. The summed E-state index contributed by atoms with van der Waals surface area (Å²) in [5.41, 5.74) is 11.8. The van der Waals surface area contributed by atoms with Crippen molar-refractivity contribution in [2.45, 2.75) is 43.8 Å². The number of amides is 3. The molecule has 0 bridgehead atoms. The summed E-state index contributed by atoms with van der Waals surface area (Å²) >= 11 is 0. The first-order valence-corrected chi connectivity index (χ1v) is 8.84. The summed E-state index contributed by atoms with van der Waals surface area (Å²) in [6.45, 7) is 0.223. The lowest BCUT2D eigenvalue weighted by molar-refractivity contribution is -0.149. The van der Waals surface area contributed by atoms with Crippen molar-refractivity contribution >= 4 is 23.7 Å². The minimum absolute atomic E-state index is 0.0764. The van der Waals surface area contributed by atoms with Gasteiger partial charge in [-0.3, -0.25) is 14.4 Å². The fourth-order valence-corrected chi connectivity index (χ4v) is 3.15. The molecule has 1 aromatic carbocycles. The SMILES string of the molecule is NC(=O)CC(NC(=O)C(N)Cc1ccc(O)cc1)C(=O)N1CCCC1C(=O)O. The van der Waals surface area contributed by atoms with Crippen LogP contribution in [0.15, 0.2) is 24.3 Å². The van der Waals surface area contributed by atoms with Crippen LogP contribution < -0.4 is 16.8 Å². The van der Waals surface area contributed by atoms with Gasteiger partial charge in [0.05, 0.1) is 12.5 Å². The number of carboxylic acids is 1. The maximum Gasteiger partial charge on any atom is 0.326 e. The molecule has 1 aliphatic rings. The minimum Gasteiger partial charge on any atom is -0.508 e. The number of rotatable bonds is 8. The van der Waals surface area contributed by atoms with E-state index in [-0.39, 0.29) is 18.7 Å². The molecule has 10 nitrogen and oxygen atoms in total. The second-order valence-electron chi connectivity index (χ2n) is 6.74. The Morgan fingerprint density at radius 1 is 1.21 bits per heavy atom. The molecule has 1 aliphatic heterocycles. The number of primary amides is 1. The summed E-state index contributed by atoms with van der Waals surface area (Å²) in [6, 6.07) is 2.84. The first-order valence-electron chi connectivity index (χ1n) is 8.84. The highest BCUT2D eigenvalue weighted by molar-refractivity contribution is 5.94. The Labute approximate surface area is 161 Å². The summed E-state index contributed by atoms with van der Waals surface area (Å²) in [7, 11) is 0. The van der Waals surface area contributed by atoms with Gasteiger partial charge in [-0.05, 0) is 37.0 Å². The van der Waals surface area contributed by atoms with Gasteiger partial charge in [-0.15, -0.1) is 0 Å². The van der Waals surface area contributed by atoms with E-state index in [1.165, 1.54) is 12.1 Å². The predicted octanol–water partition coefficient (Wildman–Crippen LogP) is -1.30. The van der Waals surface area contributed by atoms with Crippen LogP contribution in [0, 0.1) is 0 Å². The third-order valence-corrected chi connectivity index (χ3v) is 4.57. The van der Waals surface area contributed by atoms with Crippen LogP contribution in [0.2, 0.25) is 0 Å². The number of likely N-dealkylation sites (tertiary alicyclic amines) is 1. The van der Waals surface area contributed by atoms with Crippen LogP contribution >= 0.6 is 0 Å². The molecule has 0 aliphatic carbocycles. The maximum absolute atomic E-state index is 12.7. The van der Waals surface area contributed by atoms with E-state index < -0.39 is 48.2 Å². The molecule has 28 heavy (non-hydrogen) atoms. The van der Waals surface area contributed by atoms with Gasteiger partial charge in [0.2, 0.25) is 17.7 Å². The van der Waals surface area contributed by atoms with Crippen LogP contribution in [0.3, 0.4) is 0 Å². The highest BCUT2D eigenvalue weighted by Gasteiger charge is 2.38. The molecule has 3 unspecified atom stereocenters. The molecule has 0 saturated carbocycles. The van der Waals surface area contributed by atoms with Crippen molar-refractivity contribution in [2.75, 3.05) is 6.54 Å². The molecule has 2 rings (SSSR count). The van der Waals surface area contributed by atoms with Crippen LogP contribution in [-0.4, -0.2) is 63.5 Å². The van der Waals surface area contributed by atoms with Gasteiger partial charge in [0.1, 0.15) is 17.8 Å². The lowest BCUT2D eigenvalue weighted by atomic mass is 10.0. The van der Waals surface area contributed by atoms with Crippen LogP contribution in [0.25, 0.3) is 0 Å². The van der Waals surface area contributed by atoms with Crippen molar-refractivity contribution in [1.82, 2.24) is 10.2 Å². The topological polar surface area (TPSA) is 176 Å². The van der Waals surface area contributed by atoms with Crippen LogP contribution in [0.5, 0.6) is 5.75 Å². The zero-order valence-electron chi connectivity index (χ0n) is 15.2. The number of phenolic OH excluding ortho intramolecular Hbond substituents is 1. The van der Waals surface area contributed by atoms with Gasteiger partial charge in [0.25, 0.3) is 0 Å². The zero-order chi connectivity index (χ0) is 20.8. The van der Waals surface area contributed by atoms with E-state index in [0.29, 0.717) is 18.4 Å². The molecular formula is C18H24N4O6. The summed E-state index contributed by atoms with van der Waals surface area (Å²) in [5, 5.41) is 20.9. The summed E-state index contributed by atoms with van der Waals surface area (Å²) in [6.07, 6.45) is 0.503. The Kier molecular flexibility index (Phi) is 6.94. The number of aromatic hydroxyl groups is 1.